The number of carboxylic acid groups (broad SMARTS) is 1. The number of aliphatic carboxylic acids is 1. The first kappa shape index (κ1) is 40.0. The summed E-state index contributed by atoms with van der Waals surface area (Å²) in [6.07, 6.45) is -2.97. The van der Waals surface area contributed by atoms with Crippen molar-refractivity contribution in [3.05, 3.63) is 78.0 Å². The molecule has 3 aromatic carbocycles. The number of hydrogen-bond donors (Lipinski definition) is 4. The number of pyridine rings is 1. The Morgan fingerprint density at radius 1 is 1.00 bits per heavy atom. The Kier molecular flexibility index (Phi) is 12.6. The van der Waals surface area contributed by atoms with Crippen molar-refractivity contribution in [2.45, 2.75) is 42.9 Å². The van der Waals surface area contributed by atoms with Crippen LogP contribution in [0.25, 0.3) is 10.8 Å². The van der Waals surface area contributed by atoms with Gasteiger partial charge in [0.25, 0.3) is 0 Å². The summed E-state index contributed by atoms with van der Waals surface area (Å²) in [4.78, 5) is 41.5. The predicted molar refractivity (Wildman–Crippen MR) is 190 cm³/mol. The van der Waals surface area contributed by atoms with E-state index in [1.165, 1.54) is 33.5 Å². The number of nitrogens with zero attached hydrogens (tertiary/aromatic N) is 2. The van der Waals surface area contributed by atoms with Gasteiger partial charge < -0.3 is 35.3 Å². The molecule has 0 bridgehead atoms. The number of sulfone groups is 1. The smallest absolute Gasteiger partial charge is 0.490 e. The summed E-state index contributed by atoms with van der Waals surface area (Å²) >= 11 is 0. The van der Waals surface area contributed by atoms with Crippen LogP contribution in [0.15, 0.2) is 71.8 Å². The minimum absolute atomic E-state index is 0.117. The van der Waals surface area contributed by atoms with Gasteiger partial charge in [0.05, 0.1) is 38.0 Å². The molecule has 5 rings (SSSR count). The van der Waals surface area contributed by atoms with Crippen molar-refractivity contribution in [2.75, 3.05) is 50.0 Å². The van der Waals surface area contributed by atoms with E-state index in [4.69, 9.17) is 29.8 Å². The molecule has 1 aromatic heterocycles. The molecule has 2 atom stereocenters. The minimum Gasteiger partial charge on any atom is -0.493 e. The summed E-state index contributed by atoms with van der Waals surface area (Å²) < 4.78 is 73.9. The molecule has 53 heavy (non-hydrogen) atoms. The van der Waals surface area contributed by atoms with Gasteiger partial charge in [-0.1, -0.05) is 13.0 Å². The number of aromatic nitrogens is 1. The fourth-order valence-electron chi connectivity index (χ4n) is 5.79. The van der Waals surface area contributed by atoms with E-state index in [9.17, 15) is 31.2 Å². The van der Waals surface area contributed by atoms with Crippen LogP contribution < -0.4 is 25.8 Å². The monoisotopic (exact) mass is 761 g/mol. The second-order valence-corrected chi connectivity index (χ2v) is 13.8. The van der Waals surface area contributed by atoms with Crippen molar-refractivity contribution in [1.82, 2.24) is 9.88 Å². The number of nitrogen functional groups attached to an aromatic ring is 1. The van der Waals surface area contributed by atoms with Crippen LogP contribution in [0.4, 0.5) is 35.2 Å². The number of methoxy groups -OCH3 is 3. The van der Waals surface area contributed by atoms with Gasteiger partial charge in [-0.25, -0.2) is 23.0 Å². The van der Waals surface area contributed by atoms with Crippen molar-refractivity contribution < 1.29 is 55.3 Å². The van der Waals surface area contributed by atoms with Crippen LogP contribution in [0.2, 0.25) is 0 Å². The van der Waals surface area contributed by atoms with Crippen molar-refractivity contribution >= 4 is 55.8 Å². The molecular weight excluding hydrogens is 723 g/mol. The molecule has 0 aliphatic carbocycles. The van der Waals surface area contributed by atoms with Crippen LogP contribution in [0.5, 0.6) is 11.5 Å². The number of amides is 2. The van der Waals surface area contributed by atoms with Gasteiger partial charge in [-0.05, 0) is 84.0 Å². The van der Waals surface area contributed by atoms with Crippen LogP contribution in [0.3, 0.4) is 0 Å². The Balaban J connectivity index is 0.000000815. The molecule has 1 aliphatic heterocycles. The Hall–Kier alpha value is -5.78. The number of rotatable bonds is 10. The first-order valence-corrected chi connectivity index (χ1v) is 17.6. The molecule has 2 amide bonds. The van der Waals surface area contributed by atoms with E-state index in [1.807, 2.05) is 24.3 Å². The van der Waals surface area contributed by atoms with Gasteiger partial charge in [-0.15, -0.1) is 0 Å². The number of carbonyl (C=O) groups is 3. The second-order valence-electron chi connectivity index (χ2n) is 11.6. The highest BCUT2D eigenvalue weighted by atomic mass is 32.2. The van der Waals surface area contributed by atoms with Crippen molar-refractivity contribution in [3.8, 4) is 11.5 Å². The molecule has 0 spiro atoms. The lowest BCUT2D eigenvalue weighted by molar-refractivity contribution is -0.192. The minimum atomic E-state index is -5.08. The zero-order valence-corrected chi connectivity index (χ0v) is 29.9. The van der Waals surface area contributed by atoms with Crippen molar-refractivity contribution in [1.29, 1.82) is 0 Å². The summed E-state index contributed by atoms with van der Waals surface area (Å²) in [5, 5.41) is 14.8. The molecule has 18 heteroatoms. The zero-order valence-electron chi connectivity index (χ0n) is 29.1. The standard InChI is InChI=1S/C33H37N5O7S.C2HF3O2/c1-5-46(41,42)29-13-10-23(37-33(40)45-4)19-25(29)26-7-6-16-38(26)32(39)30(21-8-12-27(43-2)28(18-21)44-3)36-22-9-11-24-20(17-22)14-15-35-31(24)34;3-2(4,5)1(6)7/h8-15,17-19,26,30,36H,5-7,16H2,1-4H3,(H2,34,35)(H,37,40);(H,6,7)/t26-,30+;/m1./s1. The highest BCUT2D eigenvalue weighted by Crippen LogP contribution is 2.40. The summed E-state index contributed by atoms with van der Waals surface area (Å²) in [6.45, 7) is 1.97. The highest BCUT2D eigenvalue weighted by Gasteiger charge is 2.39. The van der Waals surface area contributed by atoms with E-state index in [2.05, 4.69) is 15.6 Å². The van der Waals surface area contributed by atoms with E-state index < -0.39 is 40.2 Å². The van der Waals surface area contributed by atoms with Crippen LogP contribution in [0, 0.1) is 0 Å². The fraction of sp³-hybridized carbons (Fsp3) is 0.314. The number of alkyl halides is 3. The molecule has 0 saturated carbocycles. The van der Waals surface area contributed by atoms with Crippen molar-refractivity contribution in [2.24, 2.45) is 0 Å². The number of nitrogens with two attached hydrogens (primary N) is 1. The van der Waals surface area contributed by atoms with Crippen LogP contribution in [-0.4, -0.2) is 81.2 Å². The van der Waals surface area contributed by atoms with Gasteiger partial charge >= 0.3 is 18.2 Å². The molecular formula is C35H38F3N5O9S. The summed E-state index contributed by atoms with van der Waals surface area (Å²) in [5.74, 6) is -1.79. The molecule has 0 radical (unpaired) electrons. The highest BCUT2D eigenvalue weighted by molar-refractivity contribution is 7.91. The van der Waals surface area contributed by atoms with Gasteiger partial charge in [0.2, 0.25) is 5.91 Å². The molecule has 4 aromatic rings. The predicted octanol–water partition coefficient (Wildman–Crippen LogP) is 5.96. The van der Waals surface area contributed by atoms with E-state index in [0.29, 0.717) is 59.2 Å². The quantitative estimate of drug-likeness (QED) is 0.148. The third-order valence-corrected chi connectivity index (χ3v) is 10.2. The van der Waals surface area contributed by atoms with Gasteiger partial charge in [-0.3, -0.25) is 10.1 Å². The molecule has 284 valence electrons. The Morgan fingerprint density at radius 2 is 1.68 bits per heavy atom. The third-order valence-electron chi connectivity index (χ3n) is 8.39. The second kappa shape index (κ2) is 16.7. The summed E-state index contributed by atoms with van der Waals surface area (Å²) in [7, 11) is 0.630. The normalized spacial score (nSPS) is 14.8. The maximum Gasteiger partial charge on any atom is 0.490 e. The average Bonchev–Trinajstić information content (AvgIpc) is 3.63. The summed E-state index contributed by atoms with van der Waals surface area (Å²) in [6, 6.07) is 15.8. The lowest BCUT2D eigenvalue weighted by atomic mass is 10.00. The molecule has 0 unspecified atom stereocenters. The number of carbonyl (C=O) groups excluding carboxylic acids is 2. The molecule has 1 fully saturated rings. The van der Waals surface area contributed by atoms with Gasteiger partial charge in [0.15, 0.2) is 21.3 Å². The Bertz CT molecular complexity index is 2100. The topological polar surface area (TPSA) is 199 Å². The molecule has 1 saturated heterocycles. The van der Waals surface area contributed by atoms with E-state index >= 15 is 0 Å². The van der Waals surface area contributed by atoms with E-state index in [1.54, 1.807) is 42.3 Å². The number of anilines is 3. The van der Waals surface area contributed by atoms with Crippen molar-refractivity contribution in [3.63, 3.8) is 0 Å². The molecule has 2 heterocycles. The SMILES string of the molecule is CCS(=O)(=O)c1ccc(NC(=O)OC)cc1[C@H]1CCCN1C(=O)[C@@H](Nc1ccc2c(N)nccc2c1)c1ccc(OC)c(OC)c1.O=C(O)C(F)(F)F. The van der Waals surface area contributed by atoms with E-state index in [0.717, 1.165) is 10.8 Å². The molecule has 1 aliphatic rings. The third kappa shape index (κ3) is 9.37. The largest absolute Gasteiger partial charge is 0.493 e. The van der Waals surface area contributed by atoms with Gasteiger partial charge in [-0.2, -0.15) is 13.2 Å². The Morgan fingerprint density at radius 3 is 2.30 bits per heavy atom. The number of fused-ring (bicyclic) bond motifs is 1. The van der Waals surface area contributed by atoms with Crippen LogP contribution in [-0.2, 0) is 24.2 Å². The number of halogens is 3. The number of carboxylic acids is 1. The molecule has 14 nitrogen and oxygen atoms in total. The van der Waals surface area contributed by atoms with Gasteiger partial charge in [0.1, 0.15) is 11.9 Å². The first-order chi connectivity index (χ1) is 25.0. The maximum atomic E-state index is 14.7. The molecule has 5 N–H and O–H groups in total. The lowest BCUT2D eigenvalue weighted by Gasteiger charge is -2.31. The number of ether oxygens (including phenoxy) is 3. The lowest BCUT2D eigenvalue weighted by Crippen LogP contribution is -2.38. The van der Waals surface area contributed by atoms with E-state index in [-0.39, 0.29) is 16.6 Å². The number of hydrogen-bond acceptors (Lipinski definition) is 11. The zero-order chi connectivity index (χ0) is 39.1. The maximum absolute atomic E-state index is 14.7. The number of likely N-dealkylation sites (tertiary alicyclic amines) is 1. The number of nitrogens with one attached hydrogen (secondary N) is 2. The first-order valence-electron chi connectivity index (χ1n) is 16.0. The average molecular weight is 762 g/mol. The fourth-order valence-corrected chi connectivity index (χ4v) is 6.93. The number of benzene rings is 3. The van der Waals surface area contributed by atoms with Gasteiger partial charge in [0, 0.05) is 29.5 Å². The summed E-state index contributed by atoms with van der Waals surface area (Å²) in [5.41, 5.74) is 8.14. The Labute approximate surface area is 302 Å². The van der Waals surface area contributed by atoms with Crippen LogP contribution in [0.1, 0.15) is 43.0 Å². The van der Waals surface area contributed by atoms with Crippen LogP contribution >= 0.6 is 0 Å².